The lowest BCUT2D eigenvalue weighted by Gasteiger charge is -2.08. The standard InChI is InChI=1S/C18H14N6O2/c25-11-2-4-13-12(8-11)16-19-5-6-24(16)18(22-13)23-17(26)10-1-3-14-15(7-10)21-9-20-14/h1-4,7-9,19,25H,5-6H2,(H,20,21). The maximum atomic E-state index is 12.7. The van der Waals surface area contributed by atoms with Crippen molar-refractivity contribution >= 4 is 33.7 Å². The van der Waals surface area contributed by atoms with Crippen LogP contribution in [0.2, 0.25) is 0 Å². The number of anilines is 1. The summed E-state index contributed by atoms with van der Waals surface area (Å²) >= 11 is 0. The molecule has 128 valence electrons. The summed E-state index contributed by atoms with van der Waals surface area (Å²) in [7, 11) is 0. The number of fused-ring (bicyclic) bond motifs is 4. The molecule has 0 bridgehead atoms. The molecule has 3 N–H and O–H groups in total. The molecule has 0 saturated heterocycles. The van der Waals surface area contributed by atoms with Gasteiger partial charge in [0.05, 0.1) is 22.9 Å². The Balaban J connectivity index is 1.68. The minimum Gasteiger partial charge on any atom is -0.508 e. The Hall–Kier alpha value is -3.68. The van der Waals surface area contributed by atoms with Gasteiger partial charge in [0.1, 0.15) is 11.6 Å². The number of amides is 1. The normalized spacial score (nSPS) is 13.9. The smallest absolute Gasteiger partial charge is 0.280 e. The van der Waals surface area contributed by atoms with Crippen LogP contribution in [0, 0.1) is 0 Å². The first-order chi connectivity index (χ1) is 12.7. The molecule has 0 fully saturated rings. The summed E-state index contributed by atoms with van der Waals surface area (Å²) in [5.74, 6) is 0.611. The van der Waals surface area contributed by atoms with E-state index in [0.717, 1.165) is 22.2 Å². The topological polar surface area (TPSA) is 108 Å². The van der Waals surface area contributed by atoms with E-state index in [1.165, 1.54) is 0 Å². The number of hydrogen-bond donors (Lipinski definition) is 3. The SMILES string of the molecule is O=C(N=c1nc2ccc(O)cc2c2n1CCN2)c1ccc2nc[nH]c2c1. The van der Waals surface area contributed by atoms with Crippen molar-refractivity contribution in [2.24, 2.45) is 4.99 Å². The fourth-order valence-electron chi connectivity index (χ4n) is 3.22. The molecule has 0 unspecified atom stereocenters. The summed E-state index contributed by atoms with van der Waals surface area (Å²) in [6.45, 7) is 1.37. The Labute approximate surface area is 146 Å². The fraction of sp³-hybridized carbons (Fsp3) is 0.111. The van der Waals surface area contributed by atoms with E-state index in [0.29, 0.717) is 29.8 Å². The van der Waals surface area contributed by atoms with Gasteiger partial charge in [0.2, 0.25) is 5.62 Å². The third-order valence-electron chi connectivity index (χ3n) is 4.46. The second kappa shape index (κ2) is 5.41. The van der Waals surface area contributed by atoms with Crippen LogP contribution >= 0.6 is 0 Å². The van der Waals surface area contributed by atoms with Crippen molar-refractivity contribution < 1.29 is 9.90 Å². The molecule has 0 radical (unpaired) electrons. The van der Waals surface area contributed by atoms with Gasteiger partial charge in [0.25, 0.3) is 5.91 Å². The summed E-state index contributed by atoms with van der Waals surface area (Å²) in [6, 6.07) is 10.2. The first-order valence-corrected chi connectivity index (χ1v) is 8.19. The quantitative estimate of drug-likeness (QED) is 0.487. The molecule has 2 aromatic heterocycles. The zero-order chi connectivity index (χ0) is 17.7. The number of aromatic nitrogens is 4. The van der Waals surface area contributed by atoms with E-state index in [9.17, 15) is 9.90 Å². The van der Waals surface area contributed by atoms with Crippen LogP contribution in [0.1, 0.15) is 10.4 Å². The van der Waals surface area contributed by atoms with Gasteiger partial charge in [-0.1, -0.05) is 0 Å². The number of aromatic amines is 1. The molecular formula is C18H14N6O2. The number of imidazole rings is 1. The van der Waals surface area contributed by atoms with Crippen LogP contribution in [0.15, 0.2) is 47.7 Å². The third kappa shape index (κ3) is 2.23. The van der Waals surface area contributed by atoms with E-state index < -0.39 is 0 Å². The lowest BCUT2D eigenvalue weighted by atomic mass is 10.2. The third-order valence-corrected chi connectivity index (χ3v) is 4.46. The molecule has 3 heterocycles. The zero-order valence-electron chi connectivity index (χ0n) is 13.6. The van der Waals surface area contributed by atoms with Gasteiger partial charge in [-0.25, -0.2) is 9.97 Å². The number of carbonyl (C=O) groups excluding carboxylic acids is 1. The highest BCUT2D eigenvalue weighted by molar-refractivity contribution is 5.98. The highest BCUT2D eigenvalue weighted by Gasteiger charge is 2.16. The van der Waals surface area contributed by atoms with Crippen LogP contribution in [-0.4, -0.2) is 37.1 Å². The number of nitrogens with zero attached hydrogens (tertiary/aromatic N) is 4. The molecule has 0 atom stereocenters. The molecule has 5 rings (SSSR count). The number of benzene rings is 2. The average Bonchev–Trinajstić information content (AvgIpc) is 3.31. The van der Waals surface area contributed by atoms with Gasteiger partial charge in [0, 0.05) is 24.0 Å². The molecule has 1 amide bonds. The fourth-order valence-corrected chi connectivity index (χ4v) is 3.22. The molecule has 0 spiro atoms. The van der Waals surface area contributed by atoms with E-state index in [-0.39, 0.29) is 11.7 Å². The zero-order valence-corrected chi connectivity index (χ0v) is 13.6. The van der Waals surface area contributed by atoms with Gasteiger partial charge in [-0.3, -0.25) is 9.36 Å². The van der Waals surface area contributed by atoms with Crippen LogP contribution in [0.3, 0.4) is 0 Å². The molecule has 0 saturated carbocycles. The Bertz CT molecular complexity index is 1250. The maximum Gasteiger partial charge on any atom is 0.280 e. The second-order valence-electron chi connectivity index (χ2n) is 6.09. The summed E-state index contributed by atoms with van der Waals surface area (Å²) in [4.78, 5) is 28.5. The van der Waals surface area contributed by atoms with Crippen LogP contribution < -0.4 is 10.9 Å². The molecule has 4 aromatic rings. The van der Waals surface area contributed by atoms with E-state index in [1.54, 1.807) is 42.7 Å². The van der Waals surface area contributed by atoms with Crippen LogP contribution in [-0.2, 0) is 6.54 Å². The first kappa shape index (κ1) is 14.6. The molecule has 8 heteroatoms. The van der Waals surface area contributed by atoms with Crippen molar-refractivity contribution in [3.05, 3.63) is 53.9 Å². The molecule has 8 nitrogen and oxygen atoms in total. The largest absolute Gasteiger partial charge is 0.508 e. The predicted molar refractivity (Wildman–Crippen MR) is 95.9 cm³/mol. The Morgan fingerprint density at radius 2 is 2.08 bits per heavy atom. The van der Waals surface area contributed by atoms with Crippen molar-refractivity contribution in [2.45, 2.75) is 6.54 Å². The van der Waals surface area contributed by atoms with Gasteiger partial charge in [-0.05, 0) is 36.4 Å². The van der Waals surface area contributed by atoms with Crippen LogP contribution in [0.25, 0.3) is 21.9 Å². The van der Waals surface area contributed by atoms with E-state index in [1.807, 2.05) is 4.57 Å². The lowest BCUT2D eigenvalue weighted by Crippen LogP contribution is -2.24. The summed E-state index contributed by atoms with van der Waals surface area (Å²) in [5, 5.41) is 13.8. The van der Waals surface area contributed by atoms with E-state index in [2.05, 4.69) is 25.3 Å². The van der Waals surface area contributed by atoms with Gasteiger partial charge in [0.15, 0.2) is 0 Å². The maximum absolute atomic E-state index is 12.7. The van der Waals surface area contributed by atoms with Gasteiger partial charge < -0.3 is 15.4 Å². The van der Waals surface area contributed by atoms with Crippen molar-refractivity contribution in [3.63, 3.8) is 0 Å². The van der Waals surface area contributed by atoms with Crippen molar-refractivity contribution in [2.75, 3.05) is 11.9 Å². The Morgan fingerprint density at radius 1 is 1.19 bits per heavy atom. The van der Waals surface area contributed by atoms with Gasteiger partial charge in [-0.15, -0.1) is 0 Å². The van der Waals surface area contributed by atoms with E-state index in [4.69, 9.17) is 0 Å². The number of H-pyrrole nitrogens is 1. The van der Waals surface area contributed by atoms with E-state index >= 15 is 0 Å². The monoisotopic (exact) mass is 346 g/mol. The average molecular weight is 346 g/mol. The number of phenols is 1. The molecule has 2 aromatic carbocycles. The molecule has 0 aliphatic carbocycles. The minimum atomic E-state index is -0.367. The van der Waals surface area contributed by atoms with Crippen LogP contribution in [0.4, 0.5) is 5.82 Å². The number of aromatic hydroxyl groups is 1. The highest BCUT2D eigenvalue weighted by Crippen LogP contribution is 2.26. The highest BCUT2D eigenvalue weighted by atomic mass is 16.3. The van der Waals surface area contributed by atoms with Crippen molar-refractivity contribution in [3.8, 4) is 5.75 Å². The van der Waals surface area contributed by atoms with Crippen molar-refractivity contribution in [1.82, 2.24) is 19.5 Å². The number of phenolic OH excluding ortho intramolecular Hbond substituents is 1. The van der Waals surface area contributed by atoms with Crippen molar-refractivity contribution in [1.29, 1.82) is 0 Å². The second-order valence-corrected chi connectivity index (χ2v) is 6.09. The Morgan fingerprint density at radius 3 is 3.00 bits per heavy atom. The first-order valence-electron chi connectivity index (χ1n) is 8.19. The molecule has 26 heavy (non-hydrogen) atoms. The van der Waals surface area contributed by atoms with Crippen LogP contribution in [0.5, 0.6) is 5.75 Å². The number of nitrogens with one attached hydrogen (secondary N) is 2. The molecule has 1 aliphatic rings. The summed E-state index contributed by atoms with van der Waals surface area (Å²) in [5.41, 5.74) is 3.06. The Kier molecular flexibility index (Phi) is 3.05. The summed E-state index contributed by atoms with van der Waals surface area (Å²) in [6.07, 6.45) is 1.59. The minimum absolute atomic E-state index is 0.171. The molecule has 1 aliphatic heterocycles. The predicted octanol–water partition coefficient (Wildman–Crippen LogP) is 1.78. The molecular weight excluding hydrogens is 332 g/mol. The summed E-state index contributed by atoms with van der Waals surface area (Å²) < 4.78 is 1.86. The number of hydrogen-bond acceptors (Lipinski definition) is 5. The van der Waals surface area contributed by atoms with Gasteiger partial charge in [-0.2, -0.15) is 4.99 Å². The number of rotatable bonds is 1. The van der Waals surface area contributed by atoms with Gasteiger partial charge >= 0.3 is 0 Å². The lowest BCUT2D eigenvalue weighted by molar-refractivity contribution is 0.0996. The number of carbonyl (C=O) groups is 1.